The molecule has 0 unspecified atom stereocenters. The van der Waals surface area contributed by atoms with E-state index in [1.807, 2.05) is 20.8 Å². The lowest BCUT2D eigenvalue weighted by Crippen LogP contribution is -2.49. The van der Waals surface area contributed by atoms with Crippen molar-refractivity contribution in [2.45, 2.75) is 58.9 Å². The number of nitrogens with one attached hydrogen (secondary N) is 1. The van der Waals surface area contributed by atoms with Crippen LogP contribution in [0.2, 0.25) is 0 Å². The summed E-state index contributed by atoms with van der Waals surface area (Å²) in [5.74, 6) is -1.07. The minimum Gasteiger partial charge on any atom is -0.480 e. The highest BCUT2D eigenvalue weighted by molar-refractivity contribution is 5.87. The lowest BCUT2D eigenvalue weighted by atomic mass is 9.86. The van der Waals surface area contributed by atoms with Crippen molar-refractivity contribution in [1.29, 1.82) is 0 Å². The molecule has 0 aromatic rings. The number of amides is 1. The van der Waals surface area contributed by atoms with Gasteiger partial charge in [0, 0.05) is 5.41 Å². The number of hydrogen-bond donors (Lipinski definition) is 2. The zero-order chi connectivity index (χ0) is 13.1. The summed E-state index contributed by atoms with van der Waals surface area (Å²) in [7, 11) is 0. The Labute approximate surface area is 103 Å². The molecule has 1 saturated carbocycles. The van der Waals surface area contributed by atoms with Crippen LogP contribution in [0.15, 0.2) is 0 Å². The molecule has 0 radical (unpaired) electrons. The largest absolute Gasteiger partial charge is 0.480 e. The SMILES string of the molecule is CC[C@H](C)[C@H](NC(=O)C1(C)CCCC1)C(=O)O. The molecule has 1 rings (SSSR count). The quantitative estimate of drug-likeness (QED) is 0.775. The predicted octanol–water partition coefficient (Wildman–Crippen LogP) is 2.18. The summed E-state index contributed by atoms with van der Waals surface area (Å²) < 4.78 is 0. The van der Waals surface area contributed by atoms with Crippen molar-refractivity contribution in [1.82, 2.24) is 5.32 Å². The van der Waals surface area contributed by atoms with Crippen molar-refractivity contribution in [3.05, 3.63) is 0 Å². The zero-order valence-corrected chi connectivity index (χ0v) is 11.0. The molecular formula is C13H23NO3. The molecular weight excluding hydrogens is 218 g/mol. The second-order valence-corrected chi connectivity index (χ2v) is 5.44. The van der Waals surface area contributed by atoms with Crippen molar-refractivity contribution in [2.24, 2.45) is 11.3 Å². The van der Waals surface area contributed by atoms with Crippen LogP contribution < -0.4 is 5.32 Å². The smallest absolute Gasteiger partial charge is 0.326 e. The Hall–Kier alpha value is -1.06. The fraction of sp³-hybridized carbons (Fsp3) is 0.846. The Bertz CT molecular complexity index is 295. The number of carbonyl (C=O) groups excluding carboxylic acids is 1. The molecule has 17 heavy (non-hydrogen) atoms. The lowest BCUT2D eigenvalue weighted by molar-refractivity contribution is -0.145. The molecule has 0 aliphatic heterocycles. The average molecular weight is 241 g/mol. The van der Waals surface area contributed by atoms with Gasteiger partial charge in [0.15, 0.2) is 0 Å². The summed E-state index contributed by atoms with van der Waals surface area (Å²) >= 11 is 0. The van der Waals surface area contributed by atoms with Gasteiger partial charge in [0.2, 0.25) is 5.91 Å². The van der Waals surface area contributed by atoms with E-state index < -0.39 is 12.0 Å². The van der Waals surface area contributed by atoms with E-state index >= 15 is 0 Å². The summed E-state index contributed by atoms with van der Waals surface area (Å²) in [6.07, 6.45) is 4.60. The summed E-state index contributed by atoms with van der Waals surface area (Å²) in [4.78, 5) is 23.3. The highest BCUT2D eigenvalue weighted by atomic mass is 16.4. The molecule has 1 aliphatic rings. The maximum Gasteiger partial charge on any atom is 0.326 e. The van der Waals surface area contributed by atoms with Gasteiger partial charge in [-0.1, -0.05) is 40.0 Å². The minimum atomic E-state index is -0.936. The molecule has 98 valence electrons. The summed E-state index contributed by atoms with van der Waals surface area (Å²) in [6.45, 7) is 5.73. The average Bonchev–Trinajstić information content (AvgIpc) is 2.72. The zero-order valence-electron chi connectivity index (χ0n) is 11.0. The maximum absolute atomic E-state index is 12.1. The van der Waals surface area contributed by atoms with Gasteiger partial charge in [-0.05, 0) is 18.8 Å². The summed E-state index contributed by atoms with van der Waals surface area (Å²) in [5.41, 5.74) is -0.360. The fourth-order valence-corrected chi connectivity index (χ4v) is 2.38. The Balaban J connectivity index is 2.67. The van der Waals surface area contributed by atoms with Crippen LogP contribution in [-0.4, -0.2) is 23.0 Å². The third kappa shape index (κ3) is 3.20. The van der Waals surface area contributed by atoms with Gasteiger partial charge in [0.1, 0.15) is 6.04 Å². The molecule has 1 aliphatic carbocycles. The van der Waals surface area contributed by atoms with Crippen LogP contribution >= 0.6 is 0 Å². The van der Waals surface area contributed by atoms with Crippen LogP contribution in [0.25, 0.3) is 0 Å². The Morgan fingerprint density at radius 1 is 1.35 bits per heavy atom. The van der Waals surface area contributed by atoms with E-state index in [0.717, 1.165) is 32.1 Å². The van der Waals surface area contributed by atoms with Crippen LogP contribution in [0.3, 0.4) is 0 Å². The van der Waals surface area contributed by atoms with Crippen molar-refractivity contribution in [3.8, 4) is 0 Å². The van der Waals surface area contributed by atoms with Crippen LogP contribution in [0.4, 0.5) is 0 Å². The fourth-order valence-electron chi connectivity index (χ4n) is 2.38. The van der Waals surface area contributed by atoms with Gasteiger partial charge in [0.05, 0.1) is 0 Å². The standard InChI is InChI=1S/C13H23NO3/c1-4-9(2)10(11(15)16)14-12(17)13(3)7-5-6-8-13/h9-10H,4-8H2,1-3H3,(H,14,17)(H,15,16)/t9-,10-/m0/s1. The van der Waals surface area contributed by atoms with E-state index in [0.29, 0.717) is 0 Å². The number of carbonyl (C=O) groups is 2. The topological polar surface area (TPSA) is 66.4 Å². The van der Waals surface area contributed by atoms with Crippen molar-refractivity contribution < 1.29 is 14.7 Å². The van der Waals surface area contributed by atoms with Crippen LogP contribution in [-0.2, 0) is 9.59 Å². The first-order valence-corrected chi connectivity index (χ1v) is 6.44. The van der Waals surface area contributed by atoms with Crippen LogP contribution in [0.1, 0.15) is 52.9 Å². The molecule has 0 bridgehead atoms. The second-order valence-electron chi connectivity index (χ2n) is 5.44. The third-order valence-electron chi connectivity index (χ3n) is 4.02. The Morgan fingerprint density at radius 2 is 1.88 bits per heavy atom. The molecule has 0 saturated heterocycles. The van der Waals surface area contributed by atoms with Gasteiger partial charge in [-0.15, -0.1) is 0 Å². The van der Waals surface area contributed by atoms with Gasteiger partial charge in [-0.3, -0.25) is 4.79 Å². The first-order valence-electron chi connectivity index (χ1n) is 6.44. The predicted molar refractivity (Wildman–Crippen MR) is 65.6 cm³/mol. The monoisotopic (exact) mass is 241 g/mol. The first kappa shape index (κ1) is 14.0. The second kappa shape index (κ2) is 5.52. The molecule has 0 aromatic heterocycles. The maximum atomic E-state index is 12.1. The van der Waals surface area contributed by atoms with E-state index in [1.165, 1.54) is 0 Å². The van der Waals surface area contributed by atoms with Crippen molar-refractivity contribution in [3.63, 3.8) is 0 Å². The first-order chi connectivity index (χ1) is 7.90. The Morgan fingerprint density at radius 3 is 2.29 bits per heavy atom. The van der Waals surface area contributed by atoms with Crippen LogP contribution in [0, 0.1) is 11.3 Å². The van der Waals surface area contributed by atoms with Gasteiger partial charge < -0.3 is 10.4 Å². The third-order valence-corrected chi connectivity index (χ3v) is 4.02. The van der Waals surface area contributed by atoms with E-state index in [2.05, 4.69) is 5.32 Å². The van der Waals surface area contributed by atoms with Gasteiger partial charge >= 0.3 is 5.97 Å². The van der Waals surface area contributed by atoms with Gasteiger partial charge in [-0.25, -0.2) is 4.79 Å². The molecule has 4 nitrogen and oxygen atoms in total. The molecule has 0 spiro atoms. The molecule has 1 amide bonds. The number of carboxylic acid groups (broad SMARTS) is 1. The van der Waals surface area contributed by atoms with Gasteiger partial charge in [-0.2, -0.15) is 0 Å². The van der Waals surface area contributed by atoms with Gasteiger partial charge in [0.25, 0.3) is 0 Å². The molecule has 1 fully saturated rings. The van der Waals surface area contributed by atoms with Crippen molar-refractivity contribution in [2.75, 3.05) is 0 Å². The normalized spacial score (nSPS) is 21.8. The molecule has 4 heteroatoms. The molecule has 2 N–H and O–H groups in total. The summed E-state index contributed by atoms with van der Waals surface area (Å²) in [5, 5.41) is 11.8. The van der Waals surface area contributed by atoms with E-state index in [1.54, 1.807) is 0 Å². The highest BCUT2D eigenvalue weighted by Gasteiger charge is 2.38. The van der Waals surface area contributed by atoms with Crippen LogP contribution in [0.5, 0.6) is 0 Å². The number of hydrogen-bond acceptors (Lipinski definition) is 2. The van der Waals surface area contributed by atoms with E-state index in [9.17, 15) is 9.59 Å². The molecule has 0 aromatic carbocycles. The Kier molecular flexibility index (Phi) is 4.54. The van der Waals surface area contributed by atoms with Crippen molar-refractivity contribution >= 4 is 11.9 Å². The van der Waals surface area contributed by atoms with E-state index in [4.69, 9.17) is 5.11 Å². The summed E-state index contributed by atoms with van der Waals surface area (Å²) in [6, 6.07) is -0.759. The lowest BCUT2D eigenvalue weighted by Gasteiger charge is -2.27. The highest BCUT2D eigenvalue weighted by Crippen LogP contribution is 2.37. The molecule has 0 heterocycles. The molecule has 2 atom stereocenters. The number of rotatable bonds is 5. The van der Waals surface area contributed by atoms with E-state index in [-0.39, 0.29) is 17.2 Å². The number of carboxylic acids is 1. The minimum absolute atomic E-state index is 0.0403. The number of aliphatic carboxylic acids is 1.